The fraction of sp³-hybridized carbons (Fsp3) is 0.667. The van der Waals surface area contributed by atoms with Gasteiger partial charge in [-0.3, -0.25) is 0 Å². The summed E-state index contributed by atoms with van der Waals surface area (Å²) in [5.41, 5.74) is 2.63. The van der Waals surface area contributed by atoms with Crippen molar-refractivity contribution in [1.82, 2.24) is 0 Å². The highest BCUT2D eigenvalue weighted by molar-refractivity contribution is 6.60. The summed E-state index contributed by atoms with van der Waals surface area (Å²) in [6.07, 6.45) is 3.92. The normalized spacial score (nSPS) is 12.5. The van der Waals surface area contributed by atoms with Gasteiger partial charge in [-0.15, -0.1) is 0 Å². The van der Waals surface area contributed by atoms with Crippen LogP contribution in [0, 0.1) is 0 Å². The molecule has 8 heteroatoms. The van der Waals surface area contributed by atoms with Crippen molar-refractivity contribution in [2.75, 3.05) is 42.7 Å². The van der Waals surface area contributed by atoms with E-state index in [1.54, 1.807) is 42.7 Å². The molecule has 0 unspecified atom stereocenters. The first-order valence-corrected chi connectivity index (χ1v) is 12.8. The van der Waals surface area contributed by atoms with Gasteiger partial charge >= 0.3 is 17.6 Å². The molecule has 1 aromatic carbocycles. The van der Waals surface area contributed by atoms with Crippen molar-refractivity contribution in [3.05, 3.63) is 35.4 Å². The van der Waals surface area contributed by atoms with Gasteiger partial charge in [0.15, 0.2) is 0 Å². The van der Waals surface area contributed by atoms with E-state index in [-0.39, 0.29) is 0 Å². The standard InChI is InChI=1S/C18H34O6Si2/c1-19-25(20-2,21-3)15-7-9-17-11-13-18(14-12-17)10-8-16-26(22-4,23-5)24-6/h11-14H,7-10,15-16H2,1-6H3. The SMILES string of the molecule is CO[Si](CCCc1ccc(CCC[Si](OC)(OC)OC)cc1)(OC)OC. The van der Waals surface area contributed by atoms with Gasteiger partial charge in [0.1, 0.15) is 0 Å². The molecule has 1 aromatic rings. The molecule has 6 nitrogen and oxygen atoms in total. The Morgan fingerprint density at radius 3 is 1.04 bits per heavy atom. The lowest BCUT2D eigenvalue weighted by Gasteiger charge is -2.24. The molecule has 0 aliphatic heterocycles. The molecular weight excluding hydrogens is 368 g/mol. The molecule has 0 N–H and O–H groups in total. The maximum absolute atomic E-state index is 5.46. The van der Waals surface area contributed by atoms with Gasteiger partial charge in [-0.25, -0.2) is 0 Å². The Balaban J connectivity index is 2.44. The Hall–Kier alpha value is -0.586. The van der Waals surface area contributed by atoms with Crippen LogP contribution in [0.15, 0.2) is 24.3 Å². The third-order valence-electron chi connectivity index (χ3n) is 4.79. The number of rotatable bonds is 14. The summed E-state index contributed by atoms with van der Waals surface area (Å²) in [4.78, 5) is 0. The highest BCUT2D eigenvalue weighted by Crippen LogP contribution is 2.19. The maximum atomic E-state index is 5.46. The van der Waals surface area contributed by atoms with Gasteiger partial charge in [0.25, 0.3) is 0 Å². The molecule has 0 saturated carbocycles. The molecule has 150 valence electrons. The molecule has 0 aromatic heterocycles. The van der Waals surface area contributed by atoms with E-state index in [4.69, 9.17) is 26.6 Å². The highest BCUT2D eigenvalue weighted by atomic mass is 28.4. The minimum Gasteiger partial charge on any atom is -0.377 e. The van der Waals surface area contributed by atoms with Gasteiger partial charge in [0, 0.05) is 54.7 Å². The van der Waals surface area contributed by atoms with Crippen LogP contribution >= 0.6 is 0 Å². The Kier molecular flexibility index (Phi) is 10.8. The molecule has 0 saturated heterocycles. The lowest BCUT2D eigenvalue weighted by atomic mass is 10.1. The molecule has 0 fully saturated rings. The molecule has 0 aliphatic rings. The molecule has 1 rings (SSSR count). The van der Waals surface area contributed by atoms with Crippen LogP contribution in [0.25, 0.3) is 0 Å². The molecule has 0 aliphatic carbocycles. The van der Waals surface area contributed by atoms with E-state index in [1.165, 1.54) is 11.1 Å². The van der Waals surface area contributed by atoms with Crippen LogP contribution in [-0.2, 0) is 39.4 Å². The number of hydrogen-bond donors (Lipinski definition) is 0. The fourth-order valence-electron chi connectivity index (χ4n) is 3.00. The molecule has 26 heavy (non-hydrogen) atoms. The summed E-state index contributed by atoms with van der Waals surface area (Å²) >= 11 is 0. The second-order valence-electron chi connectivity index (χ2n) is 6.11. The fourth-order valence-corrected chi connectivity index (χ4v) is 6.45. The lowest BCUT2D eigenvalue weighted by molar-refractivity contribution is 0.122. The summed E-state index contributed by atoms with van der Waals surface area (Å²) in [6.45, 7) is 0. The predicted molar refractivity (Wildman–Crippen MR) is 106 cm³/mol. The van der Waals surface area contributed by atoms with Crippen molar-refractivity contribution in [3.8, 4) is 0 Å². The van der Waals surface area contributed by atoms with Gasteiger partial charge in [-0.05, 0) is 36.8 Å². The largest absolute Gasteiger partial charge is 0.500 e. The molecule has 0 radical (unpaired) electrons. The predicted octanol–water partition coefficient (Wildman–Crippen LogP) is 3.31. The summed E-state index contributed by atoms with van der Waals surface area (Å²) in [7, 11) is 5.01. The van der Waals surface area contributed by atoms with Crippen LogP contribution in [0.3, 0.4) is 0 Å². The van der Waals surface area contributed by atoms with Crippen molar-refractivity contribution in [3.63, 3.8) is 0 Å². The van der Waals surface area contributed by atoms with E-state index < -0.39 is 17.6 Å². The van der Waals surface area contributed by atoms with Crippen LogP contribution < -0.4 is 0 Å². The zero-order chi connectivity index (χ0) is 19.5. The van der Waals surface area contributed by atoms with Crippen LogP contribution in [0.4, 0.5) is 0 Å². The monoisotopic (exact) mass is 402 g/mol. The number of hydrogen-bond acceptors (Lipinski definition) is 6. The Morgan fingerprint density at radius 1 is 0.538 bits per heavy atom. The topological polar surface area (TPSA) is 55.4 Å². The zero-order valence-corrected chi connectivity index (χ0v) is 19.0. The lowest BCUT2D eigenvalue weighted by Crippen LogP contribution is -2.42. The van der Waals surface area contributed by atoms with E-state index in [2.05, 4.69) is 24.3 Å². The third-order valence-corrected chi connectivity index (χ3v) is 10.4. The van der Waals surface area contributed by atoms with Crippen molar-refractivity contribution in [2.45, 2.75) is 37.8 Å². The number of benzene rings is 1. The molecule has 0 spiro atoms. The van der Waals surface area contributed by atoms with Crippen molar-refractivity contribution in [2.24, 2.45) is 0 Å². The van der Waals surface area contributed by atoms with Crippen LogP contribution in [-0.4, -0.2) is 60.3 Å². The zero-order valence-electron chi connectivity index (χ0n) is 17.0. The van der Waals surface area contributed by atoms with Gasteiger partial charge in [0.2, 0.25) is 0 Å². The van der Waals surface area contributed by atoms with E-state index in [0.29, 0.717) is 0 Å². The average Bonchev–Trinajstić information content (AvgIpc) is 2.70. The summed E-state index contributed by atoms with van der Waals surface area (Å²) in [5.74, 6) is 0. The quantitative estimate of drug-likeness (QED) is 0.445. The summed E-state index contributed by atoms with van der Waals surface area (Å²) < 4.78 is 32.8. The molecule has 0 heterocycles. The highest BCUT2D eigenvalue weighted by Gasteiger charge is 2.37. The third kappa shape index (κ3) is 6.86. The second-order valence-corrected chi connectivity index (χ2v) is 12.3. The van der Waals surface area contributed by atoms with Crippen molar-refractivity contribution < 1.29 is 26.6 Å². The van der Waals surface area contributed by atoms with Crippen LogP contribution in [0.5, 0.6) is 0 Å². The van der Waals surface area contributed by atoms with Gasteiger partial charge in [0.05, 0.1) is 0 Å². The van der Waals surface area contributed by atoms with Crippen LogP contribution in [0.1, 0.15) is 24.0 Å². The minimum absolute atomic E-state index is 0.815. The Bertz CT molecular complexity index is 427. The molecule has 0 bridgehead atoms. The Labute approximate surface area is 160 Å². The van der Waals surface area contributed by atoms with Gasteiger partial charge < -0.3 is 26.6 Å². The first-order chi connectivity index (χ1) is 12.5. The summed E-state index contributed by atoms with van der Waals surface area (Å²) in [5, 5.41) is 0. The molecular formula is C18H34O6Si2. The molecule has 0 atom stereocenters. The minimum atomic E-state index is -2.46. The van der Waals surface area contributed by atoms with E-state index in [9.17, 15) is 0 Å². The van der Waals surface area contributed by atoms with E-state index >= 15 is 0 Å². The Morgan fingerprint density at radius 2 is 0.808 bits per heavy atom. The van der Waals surface area contributed by atoms with Crippen LogP contribution in [0.2, 0.25) is 12.1 Å². The molecule has 0 amide bonds. The van der Waals surface area contributed by atoms with E-state index in [1.807, 2.05) is 0 Å². The maximum Gasteiger partial charge on any atom is 0.500 e. The van der Waals surface area contributed by atoms with Crippen molar-refractivity contribution in [1.29, 1.82) is 0 Å². The summed E-state index contributed by atoms with van der Waals surface area (Å²) in [6, 6.07) is 10.4. The first-order valence-electron chi connectivity index (χ1n) is 8.91. The first kappa shape index (κ1) is 23.5. The number of aryl methyl sites for hydroxylation is 2. The smallest absolute Gasteiger partial charge is 0.377 e. The van der Waals surface area contributed by atoms with Gasteiger partial charge in [-0.2, -0.15) is 0 Å². The van der Waals surface area contributed by atoms with Gasteiger partial charge in [-0.1, -0.05) is 24.3 Å². The van der Waals surface area contributed by atoms with E-state index in [0.717, 1.165) is 37.8 Å². The average molecular weight is 403 g/mol. The van der Waals surface area contributed by atoms with Crippen molar-refractivity contribution >= 4 is 17.6 Å². The second kappa shape index (κ2) is 12.0.